The second-order valence-corrected chi connectivity index (χ2v) is 6.75. The predicted molar refractivity (Wildman–Crippen MR) is 96.9 cm³/mol. The quantitative estimate of drug-likeness (QED) is 0.738. The zero-order chi connectivity index (χ0) is 18.7. The fraction of sp³-hybridized carbons (Fsp3) is 0.381. The maximum Gasteiger partial charge on any atom is 0.306 e. The molecule has 2 aromatic carbocycles. The molecule has 1 aliphatic rings. The first-order valence-electron chi connectivity index (χ1n) is 8.90. The van der Waals surface area contributed by atoms with E-state index in [2.05, 4.69) is 0 Å². The Balaban J connectivity index is 1.66. The summed E-state index contributed by atoms with van der Waals surface area (Å²) in [5.74, 6) is 0.0266. The van der Waals surface area contributed by atoms with E-state index >= 15 is 0 Å². The van der Waals surface area contributed by atoms with Crippen LogP contribution in [0.25, 0.3) is 11.1 Å². The van der Waals surface area contributed by atoms with E-state index in [1.807, 2.05) is 13.8 Å². The number of hydrogen-bond donors (Lipinski definition) is 1. The van der Waals surface area contributed by atoms with Crippen molar-refractivity contribution in [2.75, 3.05) is 6.61 Å². The van der Waals surface area contributed by atoms with E-state index in [4.69, 9.17) is 14.6 Å². The molecular weight excluding hydrogens is 335 g/mol. The molecule has 3 atom stereocenters. The number of aliphatic carboxylic acids is 1. The van der Waals surface area contributed by atoms with Crippen molar-refractivity contribution in [3.8, 4) is 22.6 Å². The third-order valence-electron chi connectivity index (χ3n) is 4.72. The van der Waals surface area contributed by atoms with Crippen molar-refractivity contribution in [3.63, 3.8) is 0 Å². The van der Waals surface area contributed by atoms with Gasteiger partial charge in [0.05, 0.1) is 18.6 Å². The highest BCUT2D eigenvalue weighted by atomic mass is 19.1. The lowest BCUT2D eigenvalue weighted by atomic mass is 10.0. The van der Waals surface area contributed by atoms with Crippen molar-refractivity contribution >= 4 is 5.97 Å². The summed E-state index contributed by atoms with van der Waals surface area (Å²) in [6.07, 6.45) is 1.62. The highest BCUT2D eigenvalue weighted by molar-refractivity contribution is 5.73. The highest BCUT2D eigenvalue weighted by Crippen LogP contribution is 2.39. The summed E-state index contributed by atoms with van der Waals surface area (Å²) in [7, 11) is 0. The van der Waals surface area contributed by atoms with E-state index in [1.54, 1.807) is 36.4 Å². The molecule has 5 heteroatoms. The van der Waals surface area contributed by atoms with Crippen molar-refractivity contribution in [1.29, 1.82) is 0 Å². The molecule has 0 bridgehead atoms. The third-order valence-corrected chi connectivity index (χ3v) is 4.72. The van der Waals surface area contributed by atoms with Crippen LogP contribution in [0.5, 0.6) is 11.5 Å². The summed E-state index contributed by atoms with van der Waals surface area (Å²) < 4.78 is 25.6. The van der Waals surface area contributed by atoms with Gasteiger partial charge in [-0.2, -0.15) is 0 Å². The van der Waals surface area contributed by atoms with Crippen molar-refractivity contribution in [1.82, 2.24) is 0 Å². The van der Waals surface area contributed by atoms with Gasteiger partial charge in [-0.3, -0.25) is 4.79 Å². The number of carboxylic acid groups (broad SMARTS) is 1. The number of carbonyl (C=O) groups is 1. The van der Waals surface area contributed by atoms with Crippen LogP contribution in [-0.4, -0.2) is 23.8 Å². The van der Waals surface area contributed by atoms with Crippen LogP contribution in [-0.2, 0) is 4.79 Å². The molecule has 0 unspecified atom stereocenters. The van der Waals surface area contributed by atoms with Gasteiger partial charge >= 0.3 is 5.97 Å². The molecule has 0 amide bonds. The summed E-state index contributed by atoms with van der Waals surface area (Å²) in [6.45, 7) is 4.40. The van der Waals surface area contributed by atoms with Gasteiger partial charge in [-0.15, -0.1) is 0 Å². The Morgan fingerprint density at radius 2 is 1.92 bits per heavy atom. The largest absolute Gasteiger partial charge is 0.493 e. The summed E-state index contributed by atoms with van der Waals surface area (Å²) in [4.78, 5) is 10.8. The average molecular weight is 358 g/mol. The molecule has 4 nitrogen and oxygen atoms in total. The Kier molecular flexibility index (Phi) is 5.45. The number of benzene rings is 2. The Labute approximate surface area is 152 Å². The Morgan fingerprint density at radius 3 is 2.54 bits per heavy atom. The maximum atomic E-state index is 14.2. The molecule has 138 valence electrons. The van der Waals surface area contributed by atoms with Gasteiger partial charge in [0.15, 0.2) is 0 Å². The lowest BCUT2D eigenvalue weighted by Crippen LogP contribution is -2.09. The maximum absolute atomic E-state index is 14.2. The van der Waals surface area contributed by atoms with E-state index in [0.29, 0.717) is 30.1 Å². The monoisotopic (exact) mass is 358 g/mol. The van der Waals surface area contributed by atoms with Crippen molar-refractivity contribution in [2.45, 2.75) is 32.8 Å². The SMILES string of the molecule is CC[C@@H](C)Oc1ccc(F)c(-c2ccc(OC[C@@H]3C[C@H]3C(=O)O)cc2)c1. The first kappa shape index (κ1) is 18.2. The van der Waals surface area contributed by atoms with Gasteiger partial charge in [0.1, 0.15) is 17.3 Å². The molecule has 0 aromatic heterocycles. The van der Waals surface area contributed by atoms with E-state index in [1.165, 1.54) is 6.07 Å². The molecule has 3 rings (SSSR count). The van der Waals surface area contributed by atoms with Gasteiger partial charge in [-0.1, -0.05) is 19.1 Å². The number of halogens is 1. The summed E-state index contributed by atoms with van der Waals surface area (Å²) >= 11 is 0. The van der Waals surface area contributed by atoms with Crippen LogP contribution >= 0.6 is 0 Å². The molecule has 0 radical (unpaired) electrons. The molecule has 0 saturated heterocycles. The second kappa shape index (κ2) is 7.77. The molecule has 1 N–H and O–H groups in total. The van der Waals surface area contributed by atoms with Crippen molar-refractivity contribution < 1.29 is 23.8 Å². The van der Waals surface area contributed by atoms with E-state index in [9.17, 15) is 9.18 Å². The number of hydrogen-bond acceptors (Lipinski definition) is 3. The van der Waals surface area contributed by atoms with Crippen molar-refractivity contribution in [2.24, 2.45) is 11.8 Å². The first-order valence-corrected chi connectivity index (χ1v) is 8.90. The van der Waals surface area contributed by atoms with E-state index in [-0.39, 0.29) is 23.8 Å². The van der Waals surface area contributed by atoms with Crippen molar-refractivity contribution in [3.05, 3.63) is 48.3 Å². The van der Waals surface area contributed by atoms with Gasteiger partial charge in [0.25, 0.3) is 0 Å². The minimum absolute atomic E-state index is 0.0705. The lowest BCUT2D eigenvalue weighted by Gasteiger charge is -2.14. The van der Waals surface area contributed by atoms with Gasteiger partial charge in [0, 0.05) is 11.5 Å². The lowest BCUT2D eigenvalue weighted by molar-refractivity contribution is -0.138. The standard InChI is InChI=1S/C21H23FO4/c1-3-13(2)26-17-8-9-20(22)18(11-17)14-4-6-16(7-5-14)25-12-15-10-19(15)21(23)24/h4-9,11,13,15,19H,3,10,12H2,1-2H3,(H,23,24)/t13-,15+,19-/m1/s1. The van der Waals surface area contributed by atoms with Crippen LogP contribution in [0, 0.1) is 17.7 Å². The normalized spacial score (nSPS) is 19.7. The fourth-order valence-corrected chi connectivity index (χ4v) is 2.78. The zero-order valence-corrected chi connectivity index (χ0v) is 14.9. The molecule has 1 fully saturated rings. The van der Waals surface area contributed by atoms with Gasteiger partial charge < -0.3 is 14.6 Å². The van der Waals surface area contributed by atoms with Crippen LogP contribution in [0.3, 0.4) is 0 Å². The number of rotatable bonds is 8. The molecular formula is C21H23FO4. The summed E-state index contributed by atoms with van der Waals surface area (Å²) in [6, 6.07) is 11.9. The molecule has 0 heterocycles. The molecule has 2 aromatic rings. The molecule has 0 spiro atoms. The topological polar surface area (TPSA) is 55.8 Å². The Morgan fingerprint density at radius 1 is 1.23 bits per heavy atom. The third kappa shape index (κ3) is 4.34. The molecule has 1 saturated carbocycles. The van der Waals surface area contributed by atoms with Crippen LogP contribution in [0.2, 0.25) is 0 Å². The minimum Gasteiger partial charge on any atom is -0.493 e. The zero-order valence-electron chi connectivity index (χ0n) is 14.9. The summed E-state index contributed by atoms with van der Waals surface area (Å²) in [5.41, 5.74) is 1.21. The van der Waals surface area contributed by atoms with E-state index < -0.39 is 5.97 Å². The Hall–Kier alpha value is -2.56. The fourth-order valence-electron chi connectivity index (χ4n) is 2.78. The van der Waals surface area contributed by atoms with Crippen LogP contribution < -0.4 is 9.47 Å². The van der Waals surface area contributed by atoms with Crippen LogP contribution in [0.1, 0.15) is 26.7 Å². The second-order valence-electron chi connectivity index (χ2n) is 6.75. The summed E-state index contributed by atoms with van der Waals surface area (Å²) in [5, 5.41) is 8.90. The molecule has 26 heavy (non-hydrogen) atoms. The first-order chi connectivity index (χ1) is 12.5. The predicted octanol–water partition coefficient (Wildman–Crippen LogP) is 4.77. The molecule has 1 aliphatic carbocycles. The van der Waals surface area contributed by atoms with Crippen LogP contribution in [0.15, 0.2) is 42.5 Å². The number of carboxylic acids is 1. The minimum atomic E-state index is -0.760. The van der Waals surface area contributed by atoms with Gasteiger partial charge in [-0.05, 0) is 55.7 Å². The Bertz CT molecular complexity index is 772. The number of ether oxygens (including phenoxy) is 2. The van der Waals surface area contributed by atoms with Gasteiger partial charge in [-0.25, -0.2) is 4.39 Å². The van der Waals surface area contributed by atoms with E-state index in [0.717, 1.165) is 12.0 Å². The van der Waals surface area contributed by atoms with Crippen LogP contribution in [0.4, 0.5) is 4.39 Å². The smallest absolute Gasteiger partial charge is 0.306 e. The highest BCUT2D eigenvalue weighted by Gasteiger charge is 2.43. The molecule has 0 aliphatic heterocycles. The van der Waals surface area contributed by atoms with Gasteiger partial charge in [0.2, 0.25) is 0 Å². The average Bonchev–Trinajstić information content (AvgIpc) is 3.42.